The number of carbonyl (C=O) groups excluding carboxylic acids is 1. The van der Waals surface area contributed by atoms with Crippen molar-refractivity contribution in [1.29, 1.82) is 0 Å². The van der Waals surface area contributed by atoms with Crippen molar-refractivity contribution >= 4 is 17.5 Å². The number of hydrogen-bond donors (Lipinski definition) is 3. The average molecular weight is 357 g/mol. The topological polar surface area (TPSA) is 85.6 Å². The Morgan fingerprint density at radius 3 is 2.19 bits per heavy atom. The van der Waals surface area contributed by atoms with Gasteiger partial charge in [-0.05, 0) is 70.0 Å². The van der Waals surface area contributed by atoms with E-state index in [0.717, 1.165) is 22.6 Å². The molecule has 0 heterocycles. The first-order chi connectivity index (χ1) is 12.1. The summed E-state index contributed by atoms with van der Waals surface area (Å²) in [5, 5.41) is 5.80. The van der Waals surface area contributed by atoms with Gasteiger partial charge in [0.15, 0.2) is 0 Å². The van der Waals surface area contributed by atoms with Crippen LogP contribution in [-0.2, 0) is 0 Å². The summed E-state index contributed by atoms with van der Waals surface area (Å²) in [5.74, 6) is 1.87. The lowest BCUT2D eigenvalue weighted by Gasteiger charge is -2.20. The van der Waals surface area contributed by atoms with Crippen LogP contribution >= 0.6 is 0 Å². The Balaban J connectivity index is 2.20. The molecule has 1 amide bonds. The number of carbonyl (C=O) groups is 1. The Kier molecular flexibility index (Phi) is 5.65. The van der Waals surface area contributed by atoms with Crippen molar-refractivity contribution in [3.8, 4) is 17.2 Å². The van der Waals surface area contributed by atoms with E-state index in [2.05, 4.69) is 10.6 Å². The van der Waals surface area contributed by atoms with E-state index in [1.165, 1.54) is 0 Å². The van der Waals surface area contributed by atoms with Crippen LogP contribution in [0.1, 0.15) is 31.9 Å². The third-order valence-corrected chi connectivity index (χ3v) is 3.64. The molecule has 140 valence electrons. The van der Waals surface area contributed by atoms with Gasteiger partial charge in [-0.3, -0.25) is 0 Å². The first-order valence-electron chi connectivity index (χ1n) is 8.45. The molecule has 26 heavy (non-hydrogen) atoms. The van der Waals surface area contributed by atoms with Crippen molar-refractivity contribution < 1.29 is 14.3 Å². The van der Waals surface area contributed by atoms with Crippen molar-refractivity contribution in [1.82, 2.24) is 5.32 Å². The van der Waals surface area contributed by atoms with Crippen LogP contribution in [0.15, 0.2) is 30.3 Å². The molecule has 0 unspecified atom stereocenters. The van der Waals surface area contributed by atoms with Crippen LogP contribution in [0.3, 0.4) is 0 Å². The molecule has 0 spiro atoms. The third-order valence-electron chi connectivity index (χ3n) is 3.64. The van der Waals surface area contributed by atoms with Crippen LogP contribution in [0, 0.1) is 13.8 Å². The van der Waals surface area contributed by atoms with Gasteiger partial charge < -0.3 is 25.8 Å². The highest BCUT2D eigenvalue weighted by Crippen LogP contribution is 2.34. The largest absolute Gasteiger partial charge is 0.457 e. The lowest BCUT2D eigenvalue weighted by atomic mass is 10.1. The van der Waals surface area contributed by atoms with Gasteiger partial charge in [0.2, 0.25) is 0 Å². The predicted molar refractivity (Wildman–Crippen MR) is 105 cm³/mol. The lowest BCUT2D eigenvalue weighted by molar-refractivity contribution is 0.190. The minimum absolute atomic E-state index is 0.357. The fraction of sp³-hybridized carbons (Fsp3) is 0.350. The van der Waals surface area contributed by atoms with Gasteiger partial charge >= 0.3 is 6.09 Å². The standard InChI is InChI=1S/C20H27N3O3/c1-12-9-15(26-19(24)23-20(3,4)5)10-13(2)18(12)25-14-7-8-16(21)17(11-14)22-6/h7-11,22H,21H2,1-6H3,(H,23,24). The van der Waals surface area contributed by atoms with Crippen molar-refractivity contribution in [2.75, 3.05) is 18.1 Å². The second-order valence-electron chi connectivity index (χ2n) is 7.25. The summed E-state index contributed by atoms with van der Waals surface area (Å²) in [7, 11) is 1.81. The monoisotopic (exact) mass is 357 g/mol. The van der Waals surface area contributed by atoms with Crippen LogP contribution in [0.25, 0.3) is 0 Å². The second-order valence-corrected chi connectivity index (χ2v) is 7.25. The van der Waals surface area contributed by atoms with Gasteiger partial charge in [-0.25, -0.2) is 4.79 Å². The quantitative estimate of drug-likeness (QED) is 0.696. The molecule has 0 aliphatic carbocycles. The SMILES string of the molecule is CNc1cc(Oc2c(C)cc(OC(=O)NC(C)(C)C)cc2C)ccc1N. The van der Waals surface area contributed by atoms with Crippen molar-refractivity contribution in [2.45, 2.75) is 40.2 Å². The van der Waals surface area contributed by atoms with Crippen LogP contribution in [0.5, 0.6) is 17.2 Å². The minimum Gasteiger partial charge on any atom is -0.457 e. The number of benzene rings is 2. The number of nitrogens with two attached hydrogens (primary N) is 1. The molecular weight excluding hydrogens is 330 g/mol. The summed E-state index contributed by atoms with van der Waals surface area (Å²) in [6.07, 6.45) is -0.484. The number of rotatable bonds is 4. The van der Waals surface area contributed by atoms with Gasteiger partial charge in [0, 0.05) is 18.7 Å². The number of nitrogen functional groups attached to an aromatic ring is 1. The van der Waals surface area contributed by atoms with E-state index in [-0.39, 0.29) is 5.54 Å². The molecule has 0 aliphatic rings. The van der Waals surface area contributed by atoms with E-state index in [1.807, 2.05) is 46.8 Å². The molecule has 0 saturated carbocycles. The maximum absolute atomic E-state index is 11.9. The van der Waals surface area contributed by atoms with Gasteiger partial charge in [-0.1, -0.05) is 0 Å². The van der Waals surface area contributed by atoms with E-state index >= 15 is 0 Å². The molecule has 6 heteroatoms. The summed E-state index contributed by atoms with van der Waals surface area (Å²) >= 11 is 0. The summed E-state index contributed by atoms with van der Waals surface area (Å²) in [4.78, 5) is 11.9. The Labute approximate surface area is 154 Å². The summed E-state index contributed by atoms with van der Waals surface area (Å²) in [6, 6.07) is 9.01. The lowest BCUT2D eigenvalue weighted by Crippen LogP contribution is -2.42. The van der Waals surface area contributed by atoms with Gasteiger partial charge in [-0.15, -0.1) is 0 Å². The summed E-state index contributed by atoms with van der Waals surface area (Å²) in [5.41, 5.74) is 8.72. The molecule has 0 radical (unpaired) electrons. The first-order valence-corrected chi connectivity index (χ1v) is 8.45. The third kappa shape index (κ3) is 5.05. The van der Waals surface area contributed by atoms with E-state index < -0.39 is 6.09 Å². The van der Waals surface area contributed by atoms with Gasteiger partial charge in [0.25, 0.3) is 0 Å². The molecule has 0 aromatic heterocycles. The molecule has 2 aromatic rings. The molecule has 2 aromatic carbocycles. The van der Waals surface area contributed by atoms with Crippen LogP contribution in [-0.4, -0.2) is 18.7 Å². The number of ether oxygens (including phenoxy) is 2. The Hall–Kier alpha value is -2.89. The van der Waals surface area contributed by atoms with Crippen LogP contribution in [0.4, 0.5) is 16.2 Å². The van der Waals surface area contributed by atoms with Crippen molar-refractivity contribution in [3.63, 3.8) is 0 Å². The highest BCUT2D eigenvalue weighted by molar-refractivity contribution is 5.71. The Morgan fingerprint density at radius 2 is 1.65 bits per heavy atom. The maximum atomic E-state index is 11.9. The zero-order valence-corrected chi connectivity index (χ0v) is 16.2. The van der Waals surface area contributed by atoms with E-state index in [1.54, 1.807) is 25.2 Å². The molecule has 0 bridgehead atoms. The number of aryl methyl sites for hydroxylation is 2. The molecule has 6 nitrogen and oxygen atoms in total. The fourth-order valence-electron chi connectivity index (χ4n) is 2.50. The van der Waals surface area contributed by atoms with E-state index in [4.69, 9.17) is 15.2 Å². The Bertz CT molecular complexity index is 787. The minimum atomic E-state index is -0.484. The number of nitrogens with one attached hydrogen (secondary N) is 2. The second kappa shape index (κ2) is 7.56. The fourth-order valence-corrected chi connectivity index (χ4v) is 2.50. The normalized spacial score (nSPS) is 11.0. The molecule has 0 aliphatic heterocycles. The molecule has 0 atom stereocenters. The molecule has 2 rings (SSSR count). The molecule has 4 N–H and O–H groups in total. The smallest absolute Gasteiger partial charge is 0.413 e. The van der Waals surface area contributed by atoms with Crippen LogP contribution < -0.4 is 25.8 Å². The highest BCUT2D eigenvalue weighted by Gasteiger charge is 2.16. The zero-order chi connectivity index (χ0) is 19.5. The zero-order valence-electron chi connectivity index (χ0n) is 16.2. The maximum Gasteiger partial charge on any atom is 0.413 e. The van der Waals surface area contributed by atoms with Crippen molar-refractivity contribution in [3.05, 3.63) is 41.5 Å². The van der Waals surface area contributed by atoms with E-state index in [0.29, 0.717) is 17.2 Å². The van der Waals surface area contributed by atoms with Gasteiger partial charge in [0.05, 0.1) is 11.4 Å². The first kappa shape index (κ1) is 19.4. The summed E-state index contributed by atoms with van der Waals surface area (Å²) < 4.78 is 11.4. The molecule has 0 saturated heterocycles. The Morgan fingerprint density at radius 1 is 1.04 bits per heavy atom. The predicted octanol–water partition coefficient (Wildman–Crippen LogP) is 4.61. The van der Waals surface area contributed by atoms with Crippen LogP contribution in [0.2, 0.25) is 0 Å². The highest BCUT2D eigenvalue weighted by atomic mass is 16.6. The molecular formula is C20H27N3O3. The summed E-state index contributed by atoms with van der Waals surface area (Å²) in [6.45, 7) is 9.51. The number of hydrogen-bond acceptors (Lipinski definition) is 5. The van der Waals surface area contributed by atoms with Gasteiger partial charge in [-0.2, -0.15) is 0 Å². The van der Waals surface area contributed by atoms with Gasteiger partial charge in [0.1, 0.15) is 17.2 Å². The molecule has 0 fully saturated rings. The number of amides is 1. The average Bonchev–Trinajstić information content (AvgIpc) is 2.50. The van der Waals surface area contributed by atoms with Crippen molar-refractivity contribution in [2.24, 2.45) is 0 Å². The van der Waals surface area contributed by atoms with E-state index in [9.17, 15) is 4.79 Å². The number of anilines is 2.